The van der Waals surface area contributed by atoms with Crippen LogP contribution in [-0.2, 0) is 11.3 Å². The van der Waals surface area contributed by atoms with Gasteiger partial charge in [0.25, 0.3) is 0 Å². The Bertz CT molecular complexity index is 1230. The summed E-state index contributed by atoms with van der Waals surface area (Å²) >= 11 is 0. The summed E-state index contributed by atoms with van der Waals surface area (Å²) in [5.74, 6) is 0.698. The lowest BCUT2D eigenvalue weighted by Gasteiger charge is -2.23. The van der Waals surface area contributed by atoms with Gasteiger partial charge in [-0.15, -0.1) is 0 Å². The molecule has 3 N–H and O–H groups in total. The van der Waals surface area contributed by atoms with Crippen LogP contribution in [0, 0.1) is 0 Å². The molecule has 3 aliphatic rings. The van der Waals surface area contributed by atoms with Crippen LogP contribution in [0.15, 0.2) is 89.9 Å². The Labute approximate surface area is 174 Å². The third kappa shape index (κ3) is 2.99. The third-order valence-corrected chi connectivity index (χ3v) is 5.32. The molecule has 5 rings (SSSR count). The Morgan fingerprint density at radius 3 is 2.43 bits per heavy atom. The lowest BCUT2D eigenvalue weighted by Crippen LogP contribution is -2.30. The van der Waals surface area contributed by atoms with Crippen molar-refractivity contribution in [1.82, 2.24) is 4.57 Å². The van der Waals surface area contributed by atoms with Crippen LogP contribution in [0.4, 0.5) is 17.2 Å². The van der Waals surface area contributed by atoms with E-state index in [0.717, 1.165) is 34.2 Å². The third-order valence-electron chi connectivity index (χ3n) is 5.32. The summed E-state index contributed by atoms with van der Waals surface area (Å²) < 4.78 is 1.94. The fourth-order valence-electron chi connectivity index (χ4n) is 3.90. The highest BCUT2D eigenvalue weighted by molar-refractivity contribution is 5.83. The molecular formula is C24H21N5O. The molecule has 148 valence electrons. The minimum Gasteiger partial charge on any atom is -0.396 e. The minimum absolute atomic E-state index is 0.558. The second-order valence-corrected chi connectivity index (χ2v) is 7.20. The number of aldehydes is 1. The molecule has 0 fully saturated rings. The smallest absolute Gasteiger partial charge is 0.183 e. The van der Waals surface area contributed by atoms with Gasteiger partial charge >= 0.3 is 0 Å². The van der Waals surface area contributed by atoms with Gasteiger partial charge in [0.05, 0.1) is 29.0 Å². The lowest BCUT2D eigenvalue weighted by molar-refractivity contribution is -0.110. The Morgan fingerprint density at radius 1 is 0.967 bits per heavy atom. The van der Waals surface area contributed by atoms with E-state index >= 15 is 0 Å². The maximum atomic E-state index is 12.1. The normalized spacial score (nSPS) is 15.8. The average Bonchev–Trinajstić information content (AvgIpc) is 3.20. The molecule has 1 aliphatic carbocycles. The predicted molar refractivity (Wildman–Crippen MR) is 119 cm³/mol. The number of nitrogen functional groups attached to an aromatic ring is 1. The first-order chi connectivity index (χ1) is 14.8. The van der Waals surface area contributed by atoms with Crippen molar-refractivity contribution in [3.63, 3.8) is 0 Å². The number of benzene rings is 3. The first-order valence-corrected chi connectivity index (χ1v) is 9.80. The Morgan fingerprint density at radius 2 is 1.70 bits per heavy atom. The van der Waals surface area contributed by atoms with Crippen LogP contribution < -0.4 is 21.5 Å². The van der Waals surface area contributed by atoms with Crippen LogP contribution >= 0.6 is 0 Å². The molecule has 0 aromatic heterocycles. The first-order valence-electron chi connectivity index (χ1n) is 9.80. The van der Waals surface area contributed by atoms with Crippen molar-refractivity contribution in [2.75, 3.05) is 16.2 Å². The summed E-state index contributed by atoms with van der Waals surface area (Å²) in [6.07, 6.45) is 0.362. The van der Waals surface area contributed by atoms with E-state index in [2.05, 4.69) is 17.6 Å². The predicted octanol–water partition coefficient (Wildman–Crippen LogP) is 3.82. The van der Waals surface area contributed by atoms with Gasteiger partial charge in [-0.05, 0) is 35.9 Å². The number of pyridine rings is 1. The van der Waals surface area contributed by atoms with Gasteiger partial charge in [-0.3, -0.25) is 24.8 Å². The average molecular weight is 395 g/mol. The largest absolute Gasteiger partial charge is 0.396 e. The number of hydrazine groups is 1. The van der Waals surface area contributed by atoms with Gasteiger partial charge in [0.15, 0.2) is 18.3 Å². The fourth-order valence-corrected chi connectivity index (χ4v) is 3.90. The molecule has 0 saturated carbocycles. The molecule has 6 nitrogen and oxygen atoms in total. The fraction of sp³-hybridized carbons (Fsp3) is 0.0833. The number of nitrogens with one attached hydrogen (secondary N) is 1. The molecule has 30 heavy (non-hydrogen) atoms. The van der Waals surface area contributed by atoms with Crippen molar-refractivity contribution in [3.8, 4) is 11.3 Å². The van der Waals surface area contributed by atoms with Crippen molar-refractivity contribution in [2.24, 2.45) is 4.99 Å². The zero-order chi connectivity index (χ0) is 20.5. The van der Waals surface area contributed by atoms with E-state index in [1.54, 1.807) is 0 Å². The van der Waals surface area contributed by atoms with Crippen LogP contribution in [0.1, 0.15) is 11.7 Å². The Balaban J connectivity index is 1.62. The van der Waals surface area contributed by atoms with Crippen LogP contribution in [0.5, 0.6) is 0 Å². The molecule has 6 heteroatoms. The van der Waals surface area contributed by atoms with Crippen molar-refractivity contribution >= 4 is 23.5 Å². The molecule has 0 spiro atoms. The molecule has 1 unspecified atom stereocenters. The van der Waals surface area contributed by atoms with Gasteiger partial charge in [0.1, 0.15) is 0 Å². The van der Waals surface area contributed by atoms with E-state index in [0.29, 0.717) is 18.1 Å². The topological polar surface area (TPSA) is 75.7 Å². The number of aromatic nitrogens is 1. The van der Waals surface area contributed by atoms with E-state index in [4.69, 9.17) is 10.7 Å². The molecule has 2 aliphatic heterocycles. The van der Waals surface area contributed by atoms with Gasteiger partial charge < -0.3 is 5.73 Å². The van der Waals surface area contributed by atoms with E-state index < -0.39 is 6.17 Å². The molecule has 0 radical (unpaired) electrons. The lowest BCUT2D eigenvalue weighted by atomic mass is 10.1. The number of rotatable bonds is 4. The standard InChI is InChI=1S/C24H21N5O/c25-20-14-19-21(26-15-17-8-3-1-4-9-17)12-7-13-22(19)28-23(16-30)29(27-24(20)28)18-10-5-2-6-11-18/h1-14,16,23,27H,15,25H2. The summed E-state index contributed by atoms with van der Waals surface area (Å²) in [5, 5.41) is 2.67. The summed E-state index contributed by atoms with van der Waals surface area (Å²) in [6, 6.07) is 27.7. The zero-order valence-corrected chi connectivity index (χ0v) is 16.3. The second kappa shape index (κ2) is 7.40. The molecule has 2 aromatic carbocycles. The Hall–Kier alpha value is -4.06. The Kier molecular flexibility index (Phi) is 4.44. The molecule has 2 aromatic rings. The SMILES string of the molecule is Nc1cc2c(=NCc3ccccc3)cccc-2n2c1NN(c1ccccc1)C2C=O. The van der Waals surface area contributed by atoms with Gasteiger partial charge in [-0.25, -0.2) is 0 Å². The number of hydrogen-bond acceptors (Lipinski definition) is 5. The molecule has 0 amide bonds. The highest BCUT2D eigenvalue weighted by Gasteiger charge is 2.33. The molecule has 0 bridgehead atoms. The van der Waals surface area contributed by atoms with Crippen LogP contribution in [0.3, 0.4) is 0 Å². The maximum Gasteiger partial charge on any atom is 0.183 e. The van der Waals surface area contributed by atoms with Gasteiger partial charge in [-0.2, -0.15) is 0 Å². The monoisotopic (exact) mass is 395 g/mol. The van der Waals surface area contributed by atoms with Crippen LogP contribution in [0.25, 0.3) is 11.3 Å². The number of carbonyl (C=O) groups excluding carboxylic acids is 1. The van der Waals surface area contributed by atoms with Gasteiger partial charge in [0, 0.05) is 5.56 Å². The number of anilines is 3. The quantitative estimate of drug-likeness (QED) is 0.515. The highest BCUT2D eigenvalue weighted by Crippen LogP contribution is 2.39. The van der Waals surface area contributed by atoms with Crippen LogP contribution in [0.2, 0.25) is 0 Å². The maximum absolute atomic E-state index is 12.1. The summed E-state index contributed by atoms with van der Waals surface area (Å²) in [4.78, 5) is 16.9. The zero-order valence-electron chi connectivity index (χ0n) is 16.3. The van der Waals surface area contributed by atoms with Crippen molar-refractivity contribution in [3.05, 3.63) is 95.8 Å². The van der Waals surface area contributed by atoms with Crippen molar-refractivity contribution in [1.29, 1.82) is 0 Å². The first kappa shape index (κ1) is 18.0. The number of carbonyl (C=O) groups is 1. The molecule has 1 atom stereocenters. The number of para-hydroxylation sites is 1. The van der Waals surface area contributed by atoms with Crippen LogP contribution in [-0.4, -0.2) is 10.9 Å². The minimum atomic E-state index is -0.558. The number of fused-ring (bicyclic) bond motifs is 3. The number of nitrogens with two attached hydrogens (primary N) is 1. The number of hydrogen-bond donors (Lipinski definition) is 2. The highest BCUT2D eigenvalue weighted by atomic mass is 16.1. The second-order valence-electron chi connectivity index (χ2n) is 7.20. The van der Waals surface area contributed by atoms with E-state index in [-0.39, 0.29) is 0 Å². The van der Waals surface area contributed by atoms with Gasteiger partial charge in [0.2, 0.25) is 0 Å². The number of nitrogens with zero attached hydrogens (tertiary/aromatic N) is 3. The van der Waals surface area contributed by atoms with Crippen molar-refractivity contribution < 1.29 is 4.79 Å². The summed E-state index contributed by atoms with van der Waals surface area (Å²) in [5.41, 5.74) is 14.1. The van der Waals surface area contributed by atoms with E-state index in [9.17, 15) is 4.79 Å². The van der Waals surface area contributed by atoms with E-state index in [1.165, 1.54) is 0 Å². The molecule has 2 heterocycles. The summed E-state index contributed by atoms with van der Waals surface area (Å²) in [6.45, 7) is 0.576. The van der Waals surface area contributed by atoms with E-state index in [1.807, 2.05) is 82.4 Å². The van der Waals surface area contributed by atoms with Crippen molar-refractivity contribution in [2.45, 2.75) is 12.7 Å². The molecular weight excluding hydrogens is 374 g/mol. The summed E-state index contributed by atoms with van der Waals surface area (Å²) in [7, 11) is 0. The molecule has 0 saturated heterocycles. The van der Waals surface area contributed by atoms with Gasteiger partial charge in [-0.1, -0.05) is 54.6 Å².